The zero-order valence-corrected chi connectivity index (χ0v) is 20.7. The summed E-state index contributed by atoms with van der Waals surface area (Å²) in [7, 11) is 0. The minimum atomic E-state index is -4.57. The maximum absolute atomic E-state index is 14.0. The van der Waals surface area contributed by atoms with Crippen LogP contribution in [0.2, 0.25) is 0 Å². The Morgan fingerprint density at radius 1 is 1.11 bits per heavy atom. The molecule has 1 aliphatic heterocycles. The van der Waals surface area contributed by atoms with E-state index in [0.717, 1.165) is 23.6 Å². The second kappa shape index (κ2) is 11.0. The van der Waals surface area contributed by atoms with Crippen molar-refractivity contribution in [3.63, 3.8) is 0 Å². The van der Waals surface area contributed by atoms with Crippen molar-refractivity contribution in [1.29, 1.82) is 0 Å². The fourth-order valence-electron chi connectivity index (χ4n) is 5.25. The number of amides is 2. The van der Waals surface area contributed by atoms with Gasteiger partial charge in [0.05, 0.1) is 17.6 Å². The minimum Gasteiger partial charge on any atom is -0.481 e. The second-order valence-electron chi connectivity index (χ2n) is 9.74. The number of urea groups is 1. The summed E-state index contributed by atoms with van der Waals surface area (Å²) < 4.78 is 41.9. The standard InChI is InChI=1S/C27H32F3N3O4/c1-2-16-12-22(27(28,29)30)24(33-10-8-18(9-11-33)25(35)36)13-19(16)15-31-26(37)32-23-5-3-4-17-6-7-20(34)14-21(17)23/h3-5,12-13,18,20,34H,2,6-11,14-15H2,1H3,(H,35,36)(H2,31,32,37). The molecule has 1 atom stereocenters. The minimum absolute atomic E-state index is 0.0110. The van der Waals surface area contributed by atoms with E-state index in [1.165, 1.54) is 6.07 Å². The van der Waals surface area contributed by atoms with Crippen molar-refractivity contribution >= 4 is 23.4 Å². The molecular weight excluding hydrogens is 487 g/mol. The number of aryl methyl sites for hydroxylation is 2. The number of anilines is 2. The second-order valence-corrected chi connectivity index (χ2v) is 9.74. The molecule has 7 nitrogen and oxygen atoms in total. The van der Waals surface area contributed by atoms with Crippen LogP contribution in [0.4, 0.5) is 29.3 Å². The lowest BCUT2D eigenvalue weighted by Gasteiger charge is -2.34. The van der Waals surface area contributed by atoms with Crippen molar-refractivity contribution in [2.45, 2.75) is 64.3 Å². The first kappa shape index (κ1) is 26.8. The molecule has 0 saturated carbocycles. The molecule has 0 spiro atoms. The van der Waals surface area contributed by atoms with Gasteiger partial charge >= 0.3 is 18.2 Å². The van der Waals surface area contributed by atoms with Crippen LogP contribution in [-0.4, -0.2) is 41.4 Å². The number of aliphatic hydroxyl groups excluding tert-OH is 1. The van der Waals surface area contributed by atoms with Crippen LogP contribution in [0.3, 0.4) is 0 Å². The van der Waals surface area contributed by atoms with Gasteiger partial charge in [0.15, 0.2) is 0 Å². The van der Waals surface area contributed by atoms with Gasteiger partial charge in [-0.15, -0.1) is 0 Å². The Hall–Kier alpha value is -3.27. The van der Waals surface area contributed by atoms with E-state index in [9.17, 15) is 33.0 Å². The zero-order chi connectivity index (χ0) is 26.7. The Kier molecular flexibility index (Phi) is 7.96. The van der Waals surface area contributed by atoms with Gasteiger partial charge in [-0.05, 0) is 72.6 Å². The monoisotopic (exact) mass is 519 g/mol. The summed E-state index contributed by atoms with van der Waals surface area (Å²) in [4.78, 5) is 25.6. The highest BCUT2D eigenvalue weighted by molar-refractivity contribution is 5.90. The van der Waals surface area contributed by atoms with Crippen LogP contribution < -0.4 is 15.5 Å². The lowest BCUT2D eigenvalue weighted by atomic mass is 9.88. The first-order chi connectivity index (χ1) is 17.6. The van der Waals surface area contributed by atoms with E-state index in [0.29, 0.717) is 36.1 Å². The number of benzene rings is 2. The predicted molar refractivity (Wildman–Crippen MR) is 134 cm³/mol. The van der Waals surface area contributed by atoms with Crippen molar-refractivity contribution in [1.82, 2.24) is 5.32 Å². The van der Waals surface area contributed by atoms with Gasteiger partial charge in [0.25, 0.3) is 0 Å². The van der Waals surface area contributed by atoms with E-state index in [4.69, 9.17) is 0 Å². The zero-order valence-electron chi connectivity index (χ0n) is 20.7. The van der Waals surface area contributed by atoms with Crippen LogP contribution in [0, 0.1) is 5.92 Å². The number of hydrogen-bond acceptors (Lipinski definition) is 4. The van der Waals surface area contributed by atoms with Gasteiger partial charge in [-0.2, -0.15) is 13.2 Å². The predicted octanol–water partition coefficient (Wildman–Crippen LogP) is 4.74. The molecule has 1 saturated heterocycles. The van der Waals surface area contributed by atoms with Crippen LogP contribution in [0.5, 0.6) is 0 Å². The Labute approximate surface area is 213 Å². The molecule has 2 aromatic rings. The van der Waals surface area contributed by atoms with Crippen LogP contribution in [-0.2, 0) is 36.8 Å². The molecule has 37 heavy (non-hydrogen) atoms. The number of aliphatic carboxylic acids is 1. The summed E-state index contributed by atoms with van der Waals surface area (Å²) in [6.45, 7) is 2.22. The van der Waals surface area contributed by atoms with Gasteiger partial charge < -0.3 is 25.7 Å². The molecule has 10 heteroatoms. The van der Waals surface area contributed by atoms with E-state index >= 15 is 0 Å². The molecule has 2 aliphatic rings. The number of carboxylic acid groups (broad SMARTS) is 1. The average Bonchev–Trinajstić information content (AvgIpc) is 2.86. The summed E-state index contributed by atoms with van der Waals surface area (Å²) in [5.74, 6) is -1.49. The van der Waals surface area contributed by atoms with Crippen molar-refractivity contribution in [2.24, 2.45) is 5.92 Å². The van der Waals surface area contributed by atoms with Crippen molar-refractivity contribution in [3.8, 4) is 0 Å². The molecule has 2 aromatic carbocycles. The van der Waals surface area contributed by atoms with E-state index < -0.39 is 35.8 Å². The van der Waals surface area contributed by atoms with Crippen molar-refractivity contribution in [3.05, 3.63) is 58.1 Å². The number of carboxylic acids is 1. The lowest BCUT2D eigenvalue weighted by Crippen LogP contribution is -2.37. The smallest absolute Gasteiger partial charge is 0.418 e. The summed E-state index contributed by atoms with van der Waals surface area (Å²) >= 11 is 0. The number of carbonyl (C=O) groups excluding carboxylic acids is 1. The first-order valence-corrected chi connectivity index (χ1v) is 12.6. The summed E-state index contributed by atoms with van der Waals surface area (Å²) in [5.41, 5.74) is 2.91. The number of halogens is 3. The van der Waals surface area contributed by atoms with Gasteiger partial charge in [0.2, 0.25) is 0 Å². The molecule has 1 aliphatic carbocycles. The van der Waals surface area contributed by atoms with Gasteiger partial charge in [-0.1, -0.05) is 19.1 Å². The van der Waals surface area contributed by atoms with Crippen LogP contribution >= 0.6 is 0 Å². The number of nitrogens with zero attached hydrogens (tertiary/aromatic N) is 1. The highest BCUT2D eigenvalue weighted by Crippen LogP contribution is 2.40. The molecule has 0 radical (unpaired) electrons. The van der Waals surface area contributed by atoms with E-state index in [2.05, 4.69) is 10.6 Å². The van der Waals surface area contributed by atoms with Gasteiger partial charge in [0.1, 0.15) is 0 Å². The van der Waals surface area contributed by atoms with Crippen LogP contribution in [0.15, 0.2) is 30.3 Å². The molecule has 1 unspecified atom stereocenters. The Morgan fingerprint density at radius 3 is 2.49 bits per heavy atom. The average molecular weight is 520 g/mol. The lowest BCUT2D eigenvalue weighted by molar-refractivity contribution is -0.142. The molecule has 0 bridgehead atoms. The fraction of sp³-hybridized carbons (Fsp3) is 0.481. The normalized spacial score (nSPS) is 18.3. The van der Waals surface area contributed by atoms with Crippen molar-refractivity contribution < 1.29 is 33.0 Å². The fourth-order valence-corrected chi connectivity index (χ4v) is 5.25. The third kappa shape index (κ3) is 6.18. The largest absolute Gasteiger partial charge is 0.481 e. The maximum atomic E-state index is 14.0. The van der Waals surface area contributed by atoms with E-state index in [1.807, 2.05) is 12.1 Å². The van der Waals surface area contributed by atoms with Crippen molar-refractivity contribution in [2.75, 3.05) is 23.3 Å². The highest BCUT2D eigenvalue weighted by atomic mass is 19.4. The first-order valence-electron chi connectivity index (χ1n) is 12.6. The molecule has 2 amide bonds. The Bertz CT molecular complexity index is 1160. The molecule has 4 N–H and O–H groups in total. The number of nitrogens with one attached hydrogen (secondary N) is 2. The maximum Gasteiger partial charge on any atom is 0.418 e. The number of alkyl halides is 3. The molecule has 0 aromatic heterocycles. The van der Waals surface area contributed by atoms with Gasteiger partial charge in [0, 0.05) is 37.4 Å². The van der Waals surface area contributed by atoms with Crippen LogP contribution in [0.1, 0.15) is 54.0 Å². The topological polar surface area (TPSA) is 102 Å². The summed E-state index contributed by atoms with van der Waals surface area (Å²) in [6, 6.07) is 7.72. The number of rotatable bonds is 6. The third-order valence-corrected chi connectivity index (χ3v) is 7.34. The molecule has 4 rings (SSSR count). The van der Waals surface area contributed by atoms with Gasteiger partial charge in [-0.3, -0.25) is 4.79 Å². The summed E-state index contributed by atoms with van der Waals surface area (Å²) in [6.07, 6.45) is -2.28. The Morgan fingerprint density at radius 2 is 1.84 bits per heavy atom. The number of hydrogen-bond donors (Lipinski definition) is 4. The number of carbonyl (C=O) groups is 2. The summed E-state index contributed by atoms with van der Waals surface area (Å²) in [5, 5.41) is 24.9. The molecule has 1 fully saturated rings. The quantitative estimate of drug-likeness (QED) is 0.442. The molecule has 1 heterocycles. The molecule has 200 valence electrons. The highest BCUT2D eigenvalue weighted by Gasteiger charge is 2.37. The number of fused-ring (bicyclic) bond motifs is 1. The van der Waals surface area contributed by atoms with Crippen LogP contribution in [0.25, 0.3) is 0 Å². The number of piperidine rings is 1. The third-order valence-electron chi connectivity index (χ3n) is 7.34. The Balaban J connectivity index is 1.53. The van der Waals surface area contributed by atoms with E-state index in [-0.39, 0.29) is 38.2 Å². The SMILES string of the molecule is CCc1cc(C(F)(F)F)c(N2CCC(C(=O)O)CC2)cc1CNC(=O)Nc1cccc2c1CC(O)CC2. The van der Waals surface area contributed by atoms with E-state index in [1.54, 1.807) is 17.9 Å². The number of aliphatic hydroxyl groups is 1. The molecular formula is C27H32F3N3O4. The van der Waals surface area contributed by atoms with Gasteiger partial charge in [-0.25, -0.2) is 4.79 Å².